The minimum Gasteiger partial charge on any atom is -0.287 e. The van der Waals surface area contributed by atoms with Gasteiger partial charge in [0.1, 0.15) is 11.3 Å². The molecule has 1 rings (SSSR count). The lowest BCUT2D eigenvalue weighted by Gasteiger charge is -2.39. The second kappa shape index (κ2) is 4.00. The number of hydrogen-bond donors (Lipinski definition) is 2. The monoisotopic (exact) mass is 211 g/mol. The quantitative estimate of drug-likeness (QED) is 0.739. The molecule has 0 spiro atoms. The summed E-state index contributed by atoms with van der Waals surface area (Å²) in [6.45, 7) is 3.84. The molecule has 3 amide bonds. The molecule has 0 aromatic rings. The molecule has 0 aromatic heterocycles. The summed E-state index contributed by atoms with van der Waals surface area (Å²) >= 11 is 0. The van der Waals surface area contributed by atoms with Crippen molar-refractivity contribution in [1.82, 2.24) is 10.2 Å². The maximum Gasteiger partial charge on any atom is 0.329 e. The van der Waals surface area contributed by atoms with E-state index in [0.717, 1.165) is 6.42 Å². The molecule has 5 nitrogen and oxygen atoms in total. The molecule has 0 aliphatic carbocycles. The summed E-state index contributed by atoms with van der Waals surface area (Å²) in [5.74, 6) is -0.222. The number of nitrogens with one attached hydrogen (secondary N) is 2. The van der Waals surface area contributed by atoms with Crippen LogP contribution >= 0.6 is 0 Å². The molecule has 0 bridgehead atoms. The molecule has 15 heavy (non-hydrogen) atoms. The van der Waals surface area contributed by atoms with E-state index >= 15 is 0 Å². The fraction of sp³-hybridized carbons (Fsp3) is 0.700. The Hall–Kier alpha value is -1.39. The van der Waals surface area contributed by atoms with E-state index in [0.29, 0.717) is 12.8 Å². The van der Waals surface area contributed by atoms with Crippen molar-refractivity contribution in [3.63, 3.8) is 0 Å². The predicted octanol–water partition coefficient (Wildman–Crippen LogP) is 1.34. The van der Waals surface area contributed by atoms with Crippen molar-refractivity contribution in [2.24, 2.45) is 5.41 Å². The minimum absolute atomic E-state index is 0.112. The van der Waals surface area contributed by atoms with Gasteiger partial charge >= 0.3 is 6.03 Å². The lowest BCUT2D eigenvalue weighted by Crippen LogP contribution is -2.62. The number of imide groups is 1. The van der Waals surface area contributed by atoms with E-state index in [9.17, 15) is 9.59 Å². The lowest BCUT2D eigenvalue weighted by molar-refractivity contribution is -0.128. The second-order valence-electron chi connectivity index (χ2n) is 3.85. The maximum atomic E-state index is 11.8. The van der Waals surface area contributed by atoms with Crippen LogP contribution in [0.25, 0.3) is 0 Å². The van der Waals surface area contributed by atoms with Crippen LogP contribution in [0.3, 0.4) is 0 Å². The molecule has 2 N–H and O–H groups in total. The average Bonchev–Trinajstić information content (AvgIpc) is 2.21. The fourth-order valence-corrected chi connectivity index (χ4v) is 1.99. The minimum atomic E-state index is -0.822. The van der Waals surface area contributed by atoms with Crippen LogP contribution in [0.2, 0.25) is 0 Å². The third-order valence-corrected chi connectivity index (χ3v) is 3.03. The normalized spacial score (nSPS) is 26.9. The largest absolute Gasteiger partial charge is 0.329 e. The van der Waals surface area contributed by atoms with Crippen LogP contribution in [0.1, 0.15) is 33.1 Å². The van der Waals surface area contributed by atoms with Crippen LogP contribution in [0, 0.1) is 10.8 Å². The highest BCUT2D eigenvalue weighted by Crippen LogP contribution is 2.33. The second-order valence-corrected chi connectivity index (χ2v) is 3.85. The molecule has 84 valence electrons. The SMILES string of the molecule is CCCC1(CC)C(=N)N(C)C(=O)NC1=O. The first-order valence-electron chi connectivity index (χ1n) is 5.17. The van der Waals surface area contributed by atoms with Crippen LogP contribution in [-0.2, 0) is 4.79 Å². The van der Waals surface area contributed by atoms with Gasteiger partial charge in [0.15, 0.2) is 0 Å². The summed E-state index contributed by atoms with van der Waals surface area (Å²) in [5.41, 5.74) is -0.822. The average molecular weight is 211 g/mol. The number of urea groups is 1. The van der Waals surface area contributed by atoms with Crippen molar-refractivity contribution in [1.29, 1.82) is 5.41 Å². The summed E-state index contributed by atoms with van der Waals surface area (Å²) in [5, 5.41) is 10.2. The molecule has 0 aromatic carbocycles. The Labute approximate surface area is 89.3 Å². The fourth-order valence-electron chi connectivity index (χ4n) is 1.99. The highest BCUT2D eigenvalue weighted by molar-refractivity contribution is 6.19. The highest BCUT2D eigenvalue weighted by atomic mass is 16.2. The number of amides is 3. The number of amidine groups is 1. The molecule has 1 saturated heterocycles. The summed E-state index contributed by atoms with van der Waals surface area (Å²) in [6, 6.07) is -0.509. The van der Waals surface area contributed by atoms with Crippen molar-refractivity contribution in [3.8, 4) is 0 Å². The van der Waals surface area contributed by atoms with Crippen LogP contribution in [0.4, 0.5) is 4.79 Å². The molecule has 0 radical (unpaired) electrons. The zero-order chi connectivity index (χ0) is 11.6. The van der Waals surface area contributed by atoms with Crippen LogP contribution in [0.5, 0.6) is 0 Å². The van der Waals surface area contributed by atoms with Crippen LogP contribution in [0.15, 0.2) is 0 Å². The maximum absolute atomic E-state index is 11.8. The van der Waals surface area contributed by atoms with E-state index < -0.39 is 11.4 Å². The smallest absolute Gasteiger partial charge is 0.287 e. The van der Waals surface area contributed by atoms with E-state index in [1.807, 2.05) is 13.8 Å². The molecular formula is C10H17N3O2. The zero-order valence-electron chi connectivity index (χ0n) is 9.39. The van der Waals surface area contributed by atoms with Crippen molar-refractivity contribution in [2.45, 2.75) is 33.1 Å². The Morgan fingerprint density at radius 3 is 2.47 bits per heavy atom. The van der Waals surface area contributed by atoms with E-state index in [2.05, 4.69) is 5.32 Å². The van der Waals surface area contributed by atoms with Crippen molar-refractivity contribution < 1.29 is 9.59 Å². The van der Waals surface area contributed by atoms with Crippen molar-refractivity contribution in [2.75, 3.05) is 7.05 Å². The number of carbonyl (C=O) groups excluding carboxylic acids is 2. The van der Waals surface area contributed by atoms with E-state index in [4.69, 9.17) is 5.41 Å². The van der Waals surface area contributed by atoms with Gasteiger partial charge in [-0.05, 0) is 12.8 Å². The van der Waals surface area contributed by atoms with Gasteiger partial charge in [0, 0.05) is 7.05 Å². The topological polar surface area (TPSA) is 73.3 Å². The van der Waals surface area contributed by atoms with E-state index in [1.165, 1.54) is 11.9 Å². The molecule has 0 saturated carbocycles. The summed E-state index contributed by atoms with van der Waals surface area (Å²) in [4.78, 5) is 24.3. The van der Waals surface area contributed by atoms with Crippen molar-refractivity contribution in [3.05, 3.63) is 0 Å². The Balaban J connectivity index is 3.09. The molecule has 1 aliphatic heterocycles. The lowest BCUT2D eigenvalue weighted by atomic mass is 9.77. The van der Waals surface area contributed by atoms with Gasteiger partial charge in [-0.25, -0.2) is 4.79 Å². The Morgan fingerprint density at radius 2 is 2.00 bits per heavy atom. The molecule has 5 heteroatoms. The summed E-state index contributed by atoms with van der Waals surface area (Å²) < 4.78 is 0. The number of nitrogens with zero attached hydrogens (tertiary/aromatic N) is 1. The molecule has 1 unspecified atom stereocenters. The molecule has 1 heterocycles. The van der Waals surface area contributed by atoms with Crippen LogP contribution in [-0.4, -0.2) is 29.7 Å². The van der Waals surface area contributed by atoms with Gasteiger partial charge in [0.2, 0.25) is 5.91 Å². The first-order chi connectivity index (χ1) is 6.99. The third-order valence-electron chi connectivity index (χ3n) is 3.03. The molecule has 1 aliphatic rings. The van der Waals surface area contributed by atoms with Gasteiger partial charge in [0.25, 0.3) is 0 Å². The third kappa shape index (κ3) is 1.62. The van der Waals surface area contributed by atoms with Crippen molar-refractivity contribution >= 4 is 17.8 Å². The first kappa shape index (κ1) is 11.7. The number of carbonyl (C=O) groups is 2. The Morgan fingerprint density at radius 1 is 1.40 bits per heavy atom. The summed E-state index contributed by atoms with van der Waals surface area (Å²) in [7, 11) is 1.52. The molecular weight excluding hydrogens is 194 g/mol. The van der Waals surface area contributed by atoms with Gasteiger partial charge in [-0.2, -0.15) is 0 Å². The van der Waals surface area contributed by atoms with Gasteiger partial charge in [-0.3, -0.25) is 20.4 Å². The Bertz CT molecular complexity index is 314. The van der Waals surface area contributed by atoms with E-state index in [1.54, 1.807) is 0 Å². The molecule has 1 atom stereocenters. The first-order valence-corrected chi connectivity index (χ1v) is 5.17. The number of hydrogen-bond acceptors (Lipinski definition) is 3. The van der Waals surface area contributed by atoms with Crippen LogP contribution < -0.4 is 5.32 Å². The van der Waals surface area contributed by atoms with Gasteiger partial charge in [-0.15, -0.1) is 0 Å². The van der Waals surface area contributed by atoms with E-state index in [-0.39, 0.29) is 11.7 Å². The van der Waals surface area contributed by atoms with Gasteiger partial charge in [0.05, 0.1) is 0 Å². The molecule has 1 fully saturated rings. The van der Waals surface area contributed by atoms with Gasteiger partial charge in [-0.1, -0.05) is 20.3 Å². The number of rotatable bonds is 3. The zero-order valence-corrected chi connectivity index (χ0v) is 9.39. The Kier molecular flexibility index (Phi) is 3.12. The predicted molar refractivity (Wildman–Crippen MR) is 56.7 cm³/mol. The highest BCUT2D eigenvalue weighted by Gasteiger charge is 2.47. The standard InChI is InChI=1S/C10H17N3O2/c1-4-6-10(5-2)7(11)13(3)9(15)12-8(10)14/h11H,4-6H2,1-3H3,(H,12,14,15). The summed E-state index contributed by atoms with van der Waals surface area (Å²) in [6.07, 6.45) is 1.96. The van der Waals surface area contributed by atoms with Gasteiger partial charge < -0.3 is 0 Å².